The fourth-order valence-corrected chi connectivity index (χ4v) is 2.03. The number of carbonyl (C=O) groups excluding carboxylic acids is 1. The summed E-state index contributed by atoms with van der Waals surface area (Å²) < 4.78 is 0. The van der Waals surface area contributed by atoms with Crippen LogP contribution in [-0.4, -0.2) is 10.8 Å². The van der Waals surface area contributed by atoms with Crippen molar-refractivity contribution in [3.8, 4) is 0 Å². The molecular formula is C15H15N3O3. The molecule has 21 heavy (non-hydrogen) atoms. The normalized spacial score (nSPS) is 10.2. The number of rotatable bonds is 3. The molecule has 0 saturated heterocycles. The lowest BCUT2D eigenvalue weighted by Crippen LogP contribution is -2.14. The van der Waals surface area contributed by atoms with E-state index in [1.165, 1.54) is 18.2 Å². The van der Waals surface area contributed by atoms with Gasteiger partial charge in [-0.1, -0.05) is 0 Å². The van der Waals surface area contributed by atoms with Crippen molar-refractivity contribution in [2.45, 2.75) is 13.8 Å². The fourth-order valence-electron chi connectivity index (χ4n) is 2.03. The van der Waals surface area contributed by atoms with Gasteiger partial charge in [-0.2, -0.15) is 0 Å². The number of nitrogens with two attached hydrogens (primary N) is 1. The largest absolute Gasteiger partial charge is 0.399 e. The molecule has 2 aromatic carbocycles. The summed E-state index contributed by atoms with van der Waals surface area (Å²) in [5, 5.41) is 13.4. The first-order valence-electron chi connectivity index (χ1n) is 6.31. The summed E-state index contributed by atoms with van der Waals surface area (Å²) in [7, 11) is 0. The average molecular weight is 285 g/mol. The van der Waals surface area contributed by atoms with E-state index < -0.39 is 4.92 Å². The van der Waals surface area contributed by atoms with Crippen molar-refractivity contribution in [3.63, 3.8) is 0 Å². The number of nitrogens with one attached hydrogen (secondary N) is 1. The summed E-state index contributed by atoms with van der Waals surface area (Å²) in [6.45, 7) is 3.51. The van der Waals surface area contributed by atoms with Gasteiger partial charge in [0.25, 0.3) is 11.6 Å². The van der Waals surface area contributed by atoms with Crippen LogP contribution in [0.3, 0.4) is 0 Å². The van der Waals surface area contributed by atoms with Gasteiger partial charge in [0.15, 0.2) is 0 Å². The van der Waals surface area contributed by atoms with E-state index in [0.717, 1.165) is 5.56 Å². The second-order valence-electron chi connectivity index (χ2n) is 4.78. The summed E-state index contributed by atoms with van der Waals surface area (Å²) in [6.07, 6.45) is 0. The zero-order valence-electron chi connectivity index (χ0n) is 11.7. The second kappa shape index (κ2) is 5.62. The Balaban J connectivity index is 2.25. The molecule has 108 valence electrons. The number of hydrogen-bond acceptors (Lipinski definition) is 4. The summed E-state index contributed by atoms with van der Waals surface area (Å²) in [5.41, 5.74) is 8.70. The maximum Gasteiger partial charge on any atom is 0.269 e. The van der Waals surface area contributed by atoms with E-state index in [2.05, 4.69) is 5.32 Å². The highest BCUT2D eigenvalue weighted by atomic mass is 16.6. The van der Waals surface area contributed by atoms with E-state index in [9.17, 15) is 14.9 Å². The highest BCUT2D eigenvalue weighted by Crippen LogP contribution is 2.22. The Morgan fingerprint density at radius 3 is 2.43 bits per heavy atom. The van der Waals surface area contributed by atoms with Crippen molar-refractivity contribution in [1.29, 1.82) is 0 Å². The minimum Gasteiger partial charge on any atom is -0.399 e. The predicted molar refractivity (Wildman–Crippen MR) is 81.4 cm³/mol. The molecule has 0 heterocycles. The van der Waals surface area contributed by atoms with E-state index >= 15 is 0 Å². The highest BCUT2D eigenvalue weighted by molar-refractivity contribution is 6.05. The molecule has 0 saturated carbocycles. The molecule has 0 fully saturated rings. The van der Waals surface area contributed by atoms with E-state index in [1.54, 1.807) is 32.0 Å². The molecule has 0 spiro atoms. The van der Waals surface area contributed by atoms with Gasteiger partial charge in [0, 0.05) is 29.1 Å². The molecular weight excluding hydrogens is 270 g/mol. The third-order valence-corrected chi connectivity index (χ3v) is 3.16. The van der Waals surface area contributed by atoms with Crippen LogP contribution in [0.2, 0.25) is 0 Å². The van der Waals surface area contributed by atoms with Gasteiger partial charge in [-0.25, -0.2) is 0 Å². The Hall–Kier alpha value is -2.89. The van der Waals surface area contributed by atoms with Crippen molar-refractivity contribution >= 4 is 23.0 Å². The van der Waals surface area contributed by atoms with Crippen LogP contribution in [0.15, 0.2) is 36.4 Å². The van der Waals surface area contributed by atoms with Crippen molar-refractivity contribution in [1.82, 2.24) is 0 Å². The molecule has 0 radical (unpaired) electrons. The first-order chi connectivity index (χ1) is 9.88. The first-order valence-corrected chi connectivity index (χ1v) is 6.31. The van der Waals surface area contributed by atoms with E-state index in [1.807, 2.05) is 0 Å². The third-order valence-electron chi connectivity index (χ3n) is 3.16. The molecule has 0 aromatic heterocycles. The Kier molecular flexibility index (Phi) is 3.89. The molecule has 1 amide bonds. The van der Waals surface area contributed by atoms with Gasteiger partial charge in [-0.05, 0) is 49.2 Å². The minimum atomic E-state index is -0.470. The molecule has 0 unspecified atom stereocenters. The number of nitro groups is 1. The van der Waals surface area contributed by atoms with Crippen molar-refractivity contribution < 1.29 is 9.72 Å². The maximum atomic E-state index is 12.2. The molecule has 0 bridgehead atoms. The van der Waals surface area contributed by atoms with Gasteiger partial charge < -0.3 is 11.1 Å². The maximum absolute atomic E-state index is 12.2. The zero-order chi connectivity index (χ0) is 15.6. The van der Waals surface area contributed by atoms with E-state index in [0.29, 0.717) is 22.5 Å². The summed E-state index contributed by atoms with van der Waals surface area (Å²) >= 11 is 0. The molecule has 2 aromatic rings. The lowest BCUT2D eigenvalue weighted by atomic mass is 10.1. The van der Waals surface area contributed by atoms with Crippen LogP contribution in [0, 0.1) is 24.0 Å². The lowest BCUT2D eigenvalue weighted by Gasteiger charge is -2.10. The topological polar surface area (TPSA) is 98.3 Å². The molecule has 0 atom stereocenters. The van der Waals surface area contributed by atoms with Gasteiger partial charge >= 0.3 is 0 Å². The second-order valence-corrected chi connectivity index (χ2v) is 4.78. The van der Waals surface area contributed by atoms with Crippen molar-refractivity contribution in [2.24, 2.45) is 0 Å². The number of aryl methyl sites for hydroxylation is 2. The Morgan fingerprint density at radius 1 is 1.14 bits per heavy atom. The first kappa shape index (κ1) is 14.5. The molecule has 6 heteroatoms. The number of hydrogen-bond donors (Lipinski definition) is 2. The number of anilines is 2. The smallest absolute Gasteiger partial charge is 0.269 e. The van der Waals surface area contributed by atoms with Crippen LogP contribution in [0.4, 0.5) is 17.1 Å². The SMILES string of the molecule is Cc1cc([N+](=O)[O-])ccc1NC(=O)c1ccc(N)cc1C. The molecule has 6 nitrogen and oxygen atoms in total. The van der Waals surface area contributed by atoms with Gasteiger partial charge in [0.05, 0.1) is 4.92 Å². The third kappa shape index (κ3) is 3.17. The molecule has 0 aliphatic heterocycles. The summed E-state index contributed by atoms with van der Waals surface area (Å²) in [5.74, 6) is -0.274. The Morgan fingerprint density at radius 2 is 1.86 bits per heavy atom. The predicted octanol–water partition coefficient (Wildman–Crippen LogP) is 3.05. The van der Waals surface area contributed by atoms with Crippen LogP contribution >= 0.6 is 0 Å². The number of nitrogens with zero attached hydrogens (tertiary/aromatic N) is 1. The molecule has 3 N–H and O–H groups in total. The fraction of sp³-hybridized carbons (Fsp3) is 0.133. The monoisotopic (exact) mass is 285 g/mol. The Bertz CT molecular complexity index is 726. The Labute approximate surface area is 121 Å². The molecule has 0 aliphatic rings. The lowest BCUT2D eigenvalue weighted by molar-refractivity contribution is -0.384. The number of carbonyl (C=O) groups is 1. The summed E-state index contributed by atoms with van der Waals surface area (Å²) in [6, 6.07) is 9.34. The highest BCUT2D eigenvalue weighted by Gasteiger charge is 2.13. The van der Waals surface area contributed by atoms with E-state index in [-0.39, 0.29) is 11.6 Å². The molecule has 0 aliphatic carbocycles. The van der Waals surface area contributed by atoms with Gasteiger partial charge in [0.2, 0.25) is 0 Å². The van der Waals surface area contributed by atoms with Crippen LogP contribution < -0.4 is 11.1 Å². The van der Waals surface area contributed by atoms with Crippen LogP contribution in [-0.2, 0) is 0 Å². The molecule has 2 rings (SSSR count). The number of nitrogen functional groups attached to an aromatic ring is 1. The average Bonchev–Trinajstić information content (AvgIpc) is 2.40. The number of amides is 1. The van der Waals surface area contributed by atoms with Crippen LogP contribution in [0.25, 0.3) is 0 Å². The van der Waals surface area contributed by atoms with Crippen molar-refractivity contribution in [2.75, 3.05) is 11.1 Å². The van der Waals surface area contributed by atoms with E-state index in [4.69, 9.17) is 5.73 Å². The quantitative estimate of drug-likeness (QED) is 0.514. The van der Waals surface area contributed by atoms with Gasteiger partial charge in [-0.3, -0.25) is 14.9 Å². The zero-order valence-corrected chi connectivity index (χ0v) is 11.7. The minimum absolute atomic E-state index is 0.00540. The number of benzene rings is 2. The van der Waals surface area contributed by atoms with Crippen molar-refractivity contribution in [3.05, 3.63) is 63.2 Å². The van der Waals surface area contributed by atoms with Crippen LogP contribution in [0.1, 0.15) is 21.5 Å². The number of nitro benzene ring substituents is 1. The van der Waals surface area contributed by atoms with Gasteiger partial charge in [0.1, 0.15) is 0 Å². The van der Waals surface area contributed by atoms with Crippen LogP contribution in [0.5, 0.6) is 0 Å². The summed E-state index contributed by atoms with van der Waals surface area (Å²) in [4.78, 5) is 22.5. The number of non-ortho nitro benzene ring substituents is 1. The van der Waals surface area contributed by atoms with Gasteiger partial charge in [-0.15, -0.1) is 0 Å². The standard InChI is InChI=1S/C15H15N3O3/c1-9-7-11(16)3-5-13(9)15(19)17-14-6-4-12(18(20)21)8-10(14)2/h3-8H,16H2,1-2H3,(H,17,19).